The molecule has 0 aliphatic carbocycles. The molecule has 0 atom stereocenters. The summed E-state index contributed by atoms with van der Waals surface area (Å²) in [5, 5.41) is 10.4. The fraction of sp³-hybridized carbons (Fsp3) is 0.143. The molecule has 0 bridgehead atoms. The highest BCUT2D eigenvalue weighted by atomic mass is 32.2. The van der Waals surface area contributed by atoms with Gasteiger partial charge in [0.05, 0.1) is 9.82 Å². The van der Waals surface area contributed by atoms with Gasteiger partial charge in [-0.25, -0.2) is 13.1 Å². The summed E-state index contributed by atoms with van der Waals surface area (Å²) in [4.78, 5) is 9.79. The van der Waals surface area contributed by atoms with Crippen LogP contribution in [0.5, 0.6) is 0 Å². The Labute approximate surface area is 79.8 Å². The molecule has 0 unspecified atom stereocenters. The Balaban J connectivity index is 2.65. The zero-order chi connectivity index (χ0) is 10.3. The molecule has 1 aromatic carbocycles. The van der Waals surface area contributed by atoms with E-state index in [2.05, 4.69) is 4.72 Å². The lowest BCUT2D eigenvalue weighted by molar-refractivity contribution is -0.385. The highest BCUT2D eigenvalue weighted by molar-refractivity contribution is 7.89. The molecule has 0 saturated heterocycles. The lowest BCUT2D eigenvalue weighted by atomic mass is 10.2. The topological polar surface area (TPSA) is 89.3 Å². The predicted octanol–water partition coefficient (Wildman–Crippen LogP) is 0.387. The second kappa shape index (κ2) is 2.76. The number of sulfonamides is 1. The van der Waals surface area contributed by atoms with Crippen LogP contribution in [0.4, 0.5) is 5.69 Å². The summed E-state index contributed by atoms with van der Waals surface area (Å²) in [5.74, 6) is 0. The molecule has 74 valence electrons. The molecule has 7 heteroatoms. The largest absolute Gasteiger partial charge is 0.270 e. The van der Waals surface area contributed by atoms with Crippen molar-refractivity contribution in [2.75, 3.05) is 0 Å². The monoisotopic (exact) mass is 214 g/mol. The first-order chi connectivity index (χ1) is 6.50. The Kier molecular flexibility index (Phi) is 1.79. The van der Waals surface area contributed by atoms with E-state index in [0.29, 0.717) is 5.56 Å². The van der Waals surface area contributed by atoms with Crippen molar-refractivity contribution in [2.24, 2.45) is 0 Å². The maximum Gasteiger partial charge on any atom is 0.270 e. The van der Waals surface area contributed by atoms with E-state index in [1.165, 1.54) is 12.1 Å². The Hall–Kier alpha value is -1.47. The summed E-state index contributed by atoms with van der Waals surface area (Å²) in [7, 11) is -3.52. The Morgan fingerprint density at radius 3 is 2.79 bits per heavy atom. The molecule has 1 heterocycles. The first-order valence-electron chi connectivity index (χ1n) is 3.78. The number of nitro benzene ring substituents is 1. The second-order valence-corrected chi connectivity index (χ2v) is 4.61. The standard InChI is InChI=1S/C7H6N2O4S/c10-9(11)6-2-1-5-4-8-14(12,13)7(5)3-6/h1-3,8H,4H2. The van der Waals surface area contributed by atoms with E-state index in [-0.39, 0.29) is 17.1 Å². The molecule has 0 amide bonds. The van der Waals surface area contributed by atoms with Crippen LogP contribution in [0, 0.1) is 10.1 Å². The molecule has 2 rings (SSSR count). The summed E-state index contributed by atoms with van der Waals surface area (Å²) in [5.41, 5.74) is 0.353. The van der Waals surface area contributed by atoms with Gasteiger partial charge in [-0.1, -0.05) is 0 Å². The van der Waals surface area contributed by atoms with E-state index < -0.39 is 14.9 Å². The zero-order valence-corrected chi connectivity index (χ0v) is 7.74. The van der Waals surface area contributed by atoms with Crippen LogP contribution in [0.3, 0.4) is 0 Å². The molecular formula is C7H6N2O4S. The molecule has 1 aromatic rings. The fourth-order valence-corrected chi connectivity index (χ4v) is 2.57. The van der Waals surface area contributed by atoms with Crippen molar-refractivity contribution in [3.63, 3.8) is 0 Å². The minimum Gasteiger partial charge on any atom is -0.258 e. The third kappa shape index (κ3) is 1.26. The molecule has 0 spiro atoms. The molecule has 0 radical (unpaired) electrons. The third-order valence-corrected chi connectivity index (χ3v) is 3.49. The van der Waals surface area contributed by atoms with Gasteiger partial charge >= 0.3 is 0 Å². The summed E-state index contributed by atoms with van der Waals surface area (Å²) >= 11 is 0. The second-order valence-electron chi connectivity index (χ2n) is 2.87. The van der Waals surface area contributed by atoms with Crippen LogP contribution >= 0.6 is 0 Å². The summed E-state index contributed by atoms with van der Waals surface area (Å²) < 4.78 is 24.9. The molecule has 1 aliphatic rings. The number of fused-ring (bicyclic) bond motifs is 1. The van der Waals surface area contributed by atoms with E-state index in [0.717, 1.165) is 6.07 Å². The predicted molar refractivity (Wildman–Crippen MR) is 47.1 cm³/mol. The van der Waals surface area contributed by atoms with Gasteiger partial charge in [0.2, 0.25) is 10.0 Å². The molecular weight excluding hydrogens is 208 g/mol. The number of nitro groups is 1. The highest BCUT2D eigenvalue weighted by Crippen LogP contribution is 2.26. The van der Waals surface area contributed by atoms with Crippen LogP contribution in [0.1, 0.15) is 5.56 Å². The van der Waals surface area contributed by atoms with E-state index in [1.807, 2.05) is 0 Å². The van der Waals surface area contributed by atoms with Crippen LogP contribution in [0.15, 0.2) is 23.1 Å². The number of hydrogen-bond acceptors (Lipinski definition) is 4. The SMILES string of the molecule is O=[N+]([O-])c1ccc2c(c1)S(=O)(=O)NC2. The van der Waals surface area contributed by atoms with Crippen LogP contribution in [-0.4, -0.2) is 13.3 Å². The van der Waals surface area contributed by atoms with Crippen molar-refractivity contribution in [1.29, 1.82) is 0 Å². The number of rotatable bonds is 1. The summed E-state index contributed by atoms with van der Waals surface area (Å²) in [6.45, 7) is 0.204. The highest BCUT2D eigenvalue weighted by Gasteiger charge is 2.27. The third-order valence-electron chi connectivity index (χ3n) is 2.00. The molecule has 1 aliphatic heterocycles. The molecule has 0 saturated carbocycles. The number of hydrogen-bond donors (Lipinski definition) is 1. The van der Waals surface area contributed by atoms with Gasteiger partial charge in [0.1, 0.15) is 0 Å². The average molecular weight is 214 g/mol. The average Bonchev–Trinajstić information content (AvgIpc) is 2.42. The Bertz CT molecular complexity index is 508. The normalized spacial score (nSPS) is 17.7. The Morgan fingerprint density at radius 1 is 1.43 bits per heavy atom. The lowest BCUT2D eigenvalue weighted by Crippen LogP contribution is -2.13. The van der Waals surface area contributed by atoms with Gasteiger partial charge in [0, 0.05) is 18.7 Å². The Morgan fingerprint density at radius 2 is 2.14 bits per heavy atom. The molecule has 0 fully saturated rings. The molecule has 0 aromatic heterocycles. The van der Waals surface area contributed by atoms with Crippen LogP contribution in [0.25, 0.3) is 0 Å². The molecule has 14 heavy (non-hydrogen) atoms. The van der Waals surface area contributed by atoms with E-state index in [9.17, 15) is 18.5 Å². The van der Waals surface area contributed by atoms with Crippen molar-refractivity contribution in [1.82, 2.24) is 4.72 Å². The first-order valence-corrected chi connectivity index (χ1v) is 5.26. The number of nitrogens with one attached hydrogen (secondary N) is 1. The minimum absolute atomic E-state index is 0.00620. The first kappa shape index (κ1) is 9.10. The van der Waals surface area contributed by atoms with E-state index in [4.69, 9.17) is 0 Å². The van der Waals surface area contributed by atoms with Gasteiger partial charge in [0.25, 0.3) is 5.69 Å². The maximum atomic E-state index is 11.3. The van der Waals surface area contributed by atoms with Gasteiger partial charge < -0.3 is 0 Å². The van der Waals surface area contributed by atoms with Crippen molar-refractivity contribution in [3.8, 4) is 0 Å². The van der Waals surface area contributed by atoms with Crippen LogP contribution < -0.4 is 4.72 Å². The number of non-ortho nitro benzene ring substituents is 1. The smallest absolute Gasteiger partial charge is 0.258 e. The zero-order valence-electron chi connectivity index (χ0n) is 6.93. The fourth-order valence-electron chi connectivity index (χ4n) is 1.30. The van der Waals surface area contributed by atoms with Crippen LogP contribution in [0.2, 0.25) is 0 Å². The van der Waals surface area contributed by atoms with Gasteiger partial charge in [-0.3, -0.25) is 10.1 Å². The van der Waals surface area contributed by atoms with Crippen LogP contribution in [-0.2, 0) is 16.6 Å². The van der Waals surface area contributed by atoms with Crippen molar-refractivity contribution >= 4 is 15.7 Å². The number of benzene rings is 1. The van der Waals surface area contributed by atoms with E-state index in [1.54, 1.807) is 0 Å². The minimum atomic E-state index is -3.52. The van der Waals surface area contributed by atoms with Crippen molar-refractivity contribution in [2.45, 2.75) is 11.4 Å². The lowest BCUT2D eigenvalue weighted by Gasteiger charge is -1.96. The molecule has 1 N–H and O–H groups in total. The quantitative estimate of drug-likeness (QED) is 0.540. The summed E-state index contributed by atoms with van der Waals surface area (Å²) in [6.07, 6.45) is 0. The maximum absolute atomic E-state index is 11.3. The van der Waals surface area contributed by atoms with Gasteiger partial charge in [-0.05, 0) is 11.6 Å². The molecule has 6 nitrogen and oxygen atoms in total. The van der Waals surface area contributed by atoms with Gasteiger partial charge in [-0.2, -0.15) is 0 Å². The number of nitrogens with zero attached hydrogens (tertiary/aromatic N) is 1. The van der Waals surface area contributed by atoms with Gasteiger partial charge in [-0.15, -0.1) is 0 Å². The van der Waals surface area contributed by atoms with Crippen molar-refractivity contribution in [3.05, 3.63) is 33.9 Å². The van der Waals surface area contributed by atoms with E-state index >= 15 is 0 Å². The van der Waals surface area contributed by atoms with Gasteiger partial charge in [0.15, 0.2) is 0 Å². The van der Waals surface area contributed by atoms with Crippen molar-refractivity contribution < 1.29 is 13.3 Å². The summed E-state index contributed by atoms with van der Waals surface area (Å²) in [6, 6.07) is 3.82.